The number of hydrogen-bond donors (Lipinski definition) is 2. The summed E-state index contributed by atoms with van der Waals surface area (Å²) in [6, 6.07) is 7.50. The summed E-state index contributed by atoms with van der Waals surface area (Å²) in [5, 5.41) is 16.0. The lowest BCUT2D eigenvalue weighted by Crippen LogP contribution is -2.43. The van der Waals surface area contributed by atoms with E-state index in [9.17, 15) is 32.9 Å². The first-order chi connectivity index (χ1) is 15.4. The number of anilines is 2. The average molecular weight is 470 g/mol. The van der Waals surface area contributed by atoms with E-state index < -0.39 is 34.9 Å². The number of likely N-dealkylation sites (N-methyl/N-ethyl adjacent to an activating group) is 1. The zero-order valence-corrected chi connectivity index (χ0v) is 17.8. The van der Waals surface area contributed by atoms with Gasteiger partial charge in [0.25, 0.3) is 5.69 Å². The second-order valence-electron chi connectivity index (χ2n) is 6.84. The number of carbonyl (C=O) groups excluding carboxylic acids is 2. The Morgan fingerprint density at radius 3 is 2.33 bits per heavy atom. The van der Waals surface area contributed by atoms with E-state index in [4.69, 9.17) is 4.74 Å². The number of hydrogen-bond acceptors (Lipinski definition) is 7. The molecule has 0 aromatic heterocycles. The Hall–Kier alpha value is -3.87. The molecule has 2 N–H and O–H groups in total. The largest absolute Gasteiger partial charge is 0.573 e. The Morgan fingerprint density at radius 1 is 1.15 bits per heavy atom. The molecule has 1 atom stereocenters. The number of nitrogens with one attached hydrogen (secondary N) is 2. The van der Waals surface area contributed by atoms with Crippen LogP contribution < -0.4 is 20.1 Å². The standard InChI is InChI=1S/C20H21F3N4O6/c1-12(19(29)25-16-10-14(27(30)31)6-9-17(16)32-3)26(2)11-18(28)24-13-4-7-15(8-5-13)33-20(21,22)23/h4-10,12H,11H2,1-3H3,(H,24,28)(H,25,29)/t12-/m1/s1. The number of halogens is 3. The van der Waals surface area contributed by atoms with Crippen LogP contribution in [-0.2, 0) is 9.59 Å². The monoisotopic (exact) mass is 470 g/mol. The van der Waals surface area contributed by atoms with Crippen molar-refractivity contribution in [2.24, 2.45) is 0 Å². The maximum absolute atomic E-state index is 12.6. The minimum atomic E-state index is -4.82. The van der Waals surface area contributed by atoms with Crippen molar-refractivity contribution in [1.29, 1.82) is 0 Å². The highest BCUT2D eigenvalue weighted by molar-refractivity contribution is 5.97. The second kappa shape index (κ2) is 10.6. The Bertz CT molecular complexity index is 1010. The highest BCUT2D eigenvalue weighted by Crippen LogP contribution is 2.29. The lowest BCUT2D eigenvalue weighted by atomic mass is 10.2. The van der Waals surface area contributed by atoms with Crippen molar-refractivity contribution in [2.75, 3.05) is 31.3 Å². The zero-order chi connectivity index (χ0) is 24.8. The Kier molecular flexibility index (Phi) is 8.18. The molecule has 0 spiro atoms. The minimum Gasteiger partial charge on any atom is -0.495 e. The minimum absolute atomic E-state index is 0.0996. The Balaban J connectivity index is 1.96. The molecule has 13 heteroatoms. The third kappa shape index (κ3) is 7.64. The normalized spacial score (nSPS) is 12.1. The summed E-state index contributed by atoms with van der Waals surface area (Å²) < 4.78 is 45.5. The maximum atomic E-state index is 12.6. The molecule has 0 aliphatic carbocycles. The van der Waals surface area contributed by atoms with Crippen molar-refractivity contribution in [1.82, 2.24) is 4.90 Å². The molecule has 2 aromatic carbocycles. The van der Waals surface area contributed by atoms with Crippen molar-refractivity contribution < 1.29 is 37.2 Å². The fourth-order valence-corrected chi connectivity index (χ4v) is 2.65. The quantitative estimate of drug-likeness (QED) is 0.425. The van der Waals surface area contributed by atoms with Crippen LogP contribution in [-0.4, -0.2) is 54.7 Å². The van der Waals surface area contributed by atoms with Crippen LogP contribution in [0.5, 0.6) is 11.5 Å². The van der Waals surface area contributed by atoms with E-state index in [1.807, 2.05) is 0 Å². The summed E-state index contributed by atoms with van der Waals surface area (Å²) in [7, 11) is 2.85. The van der Waals surface area contributed by atoms with Crippen LogP contribution in [0.15, 0.2) is 42.5 Å². The van der Waals surface area contributed by atoms with Crippen LogP contribution in [0.4, 0.5) is 30.2 Å². The number of benzene rings is 2. The summed E-state index contributed by atoms with van der Waals surface area (Å²) in [5.41, 5.74) is 0.0991. The van der Waals surface area contributed by atoms with E-state index in [0.717, 1.165) is 18.2 Å². The van der Waals surface area contributed by atoms with Crippen LogP contribution >= 0.6 is 0 Å². The third-order valence-electron chi connectivity index (χ3n) is 4.46. The number of nitro benzene ring substituents is 1. The van der Waals surface area contributed by atoms with Gasteiger partial charge < -0.3 is 20.1 Å². The first kappa shape index (κ1) is 25.4. The van der Waals surface area contributed by atoms with Gasteiger partial charge in [0.05, 0.1) is 30.3 Å². The number of methoxy groups -OCH3 is 1. The van der Waals surface area contributed by atoms with Gasteiger partial charge in [0, 0.05) is 17.8 Å². The predicted octanol–water partition coefficient (Wildman–Crippen LogP) is 3.40. The predicted molar refractivity (Wildman–Crippen MR) is 112 cm³/mol. The Labute approximate surface area is 186 Å². The molecule has 2 rings (SSSR count). The SMILES string of the molecule is COc1ccc([N+](=O)[O-])cc1NC(=O)[C@@H](C)N(C)CC(=O)Nc1ccc(OC(F)(F)F)cc1. The summed E-state index contributed by atoms with van der Waals surface area (Å²) in [5.74, 6) is -1.27. The molecule has 0 saturated heterocycles. The molecule has 0 radical (unpaired) electrons. The molecular weight excluding hydrogens is 449 g/mol. The molecule has 0 aliphatic heterocycles. The molecule has 33 heavy (non-hydrogen) atoms. The topological polar surface area (TPSA) is 123 Å². The van der Waals surface area contributed by atoms with Crippen LogP contribution in [0.2, 0.25) is 0 Å². The van der Waals surface area contributed by atoms with Gasteiger partial charge in [-0.05, 0) is 44.3 Å². The smallest absolute Gasteiger partial charge is 0.495 e. The van der Waals surface area contributed by atoms with Gasteiger partial charge in [-0.3, -0.25) is 24.6 Å². The molecule has 0 aliphatic rings. The number of nitro groups is 1. The first-order valence-electron chi connectivity index (χ1n) is 9.39. The third-order valence-corrected chi connectivity index (χ3v) is 4.46. The van der Waals surface area contributed by atoms with E-state index in [2.05, 4.69) is 15.4 Å². The van der Waals surface area contributed by atoms with Crippen molar-refractivity contribution >= 4 is 28.9 Å². The molecule has 0 heterocycles. The number of non-ortho nitro benzene ring substituents is 1. The van der Waals surface area contributed by atoms with Crippen LogP contribution in [0.1, 0.15) is 6.92 Å². The summed E-state index contributed by atoms with van der Waals surface area (Å²) in [4.78, 5) is 36.6. The van der Waals surface area contributed by atoms with Crippen molar-refractivity contribution in [3.05, 3.63) is 52.6 Å². The molecule has 10 nitrogen and oxygen atoms in total. The number of amides is 2. The maximum Gasteiger partial charge on any atom is 0.573 e. The van der Waals surface area contributed by atoms with Crippen molar-refractivity contribution in [3.8, 4) is 11.5 Å². The number of alkyl halides is 3. The van der Waals surface area contributed by atoms with Gasteiger partial charge in [-0.25, -0.2) is 0 Å². The molecule has 2 aromatic rings. The molecule has 0 bridgehead atoms. The molecule has 178 valence electrons. The summed E-state index contributed by atoms with van der Waals surface area (Å²) in [6.45, 7) is 1.30. The van der Waals surface area contributed by atoms with Gasteiger partial charge in [0.2, 0.25) is 11.8 Å². The number of rotatable bonds is 9. The number of ether oxygens (including phenoxy) is 2. The van der Waals surface area contributed by atoms with E-state index in [1.54, 1.807) is 0 Å². The van der Waals surface area contributed by atoms with Crippen LogP contribution in [0.25, 0.3) is 0 Å². The summed E-state index contributed by atoms with van der Waals surface area (Å²) in [6.07, 6.45) is -4.82. The lowest BCUT2D eigenvalue weighted by molar-refractivity contribution is -0.384. The highest BCUT2D eigenvalue weighted by atomic mass is 19.4. The fraction of sp³-hybridized carbons (Fsp3) is 0.300. The van der Waals surface area contributed by atoms with Crippen molar-refractivity contribution in [3.63, 3.8) is 0 Å². The van der Waals surface area contributed by atoms with E-state index in [1.165, 1.54) is 50.2 Å². The summed E-state index contributed by atoms with van der Waals surface area (Å²) >= 11 is 0. The van der Waals surface area contributed by atoms with E-state index in [0.29, 0.717) is 0 Å². The molecular formula is C20H21F3N4O6. The molecule has 2 amide bonds. The van der Waals surface area contributed by atoms with Crippen molar-refractivity contribution in [2.45, 2.75) is 19.3 Å². The van der Waals surface area contributed by atoms with Gasteiger partial charge in [0.15, 0.2) is 0 Å². The number of carbonyl (C=O) groups is 2. The first-order valence-corrected chi connectivity index (χ1v) is 9.39. The van der Waals surface area contributed by atoms with Crippen LogP contribution in [0.3, 0.4) is 0 Å². The van der Waals surface area contributed by atoms with Gasteiger partial charge in [0.1, 0.15) is 11.5 Å². The molecule has 0 fully saturated rings. The highest BCUT2D eigenvalue weighted by Gasteiger charge is 2.31. The fourth-order valence-electron chi connectivity index (χ4n) is 2.65. The lowest BCUT2D eigenvalue weighted by Gasteiger charge is -2.23. The zero-order valence-electron chi connectivity index (χ0n) is 17.8. The molecule has 0 unspecified atom stereocenters. The molecule has 0 saturated carbocycles. The van der Waals surface area contributed by atoms with E-state index >= 15 is 0 Å². The van der Waals surface area contributed by atoms with Crippen LogP contribution in [0, 0.1) is 10.1 Å². The average Bonchev–Trinajstić information content (AvgIpc) is 2.73. The van der Waals surface area contributed by atoms with Gasteiger partial charge >= 0.3 is 6.36 Å². The van der Waals surface area contributed by atoms with E-state index in [-0.39, 0.29) is 29.4 Å². The van der Waals surface area contributed by atoms with Gasteiger partial charge in [-0.2, -0.15) is 0 Å². The number of nitrogens with zero attached hydrogens (tertiary/aromatic N) is 2. The van der Waals surface area contributed by atoms with Gasteiger partial charge in [-0.1, -0.05) is 0 Å². The second-order valence-corrected chi connectivity index (χ2v) is 6.84. The van der Waals surface area contributed by atoms with Gasteiger partial charge in [-0.15, -0.1) is 13.2 Å². The Morgan fingerprint density at radius 2 is 1.79 bits per heavy atom.